The minimum atomic E-state index is -0.852. The first kappa shape index (κ1) is 26.9. The molecule has 10 heteroatoms. The lowest BCUT2D eigenvalue weighted by Gasteiger charge is -2.26. The van der Waals surface area contributed by atoms with Crippen molar-refractivity contribution in [1.29, 1.82) is 0 Å². The number of hydrogen-bond donors (Lipinski definition) is 2. The average Bonchev–Trinajstić information content (AvgIpc) is 2.92. The van der Waals surface area contributed by atoms with Gasteiger partial charge in [-0.2, -0.15) is 0 Å². The van der Waals surface area contributed by atoms with Crippen LogP contribution in [-0.2, 0) is 14.4 Å². The molecule has 4 rings (SSSR count). The number of urea groups is 1. The Morgan fingerprint density at radius 3 is 2.41 bits per heavy atom. The number of para-hydroxylation sites is 1. The van der Waals surface area contributed by atoms with E-state index in [2.05, 4.69) is 10.6 Å². The van der Waals surface area contributed by atoms with Crippen LogP contribution in [0.2, 0.25) is 0 Å². The number of nitrogens with zero attached hydrogens (tertiary/aromatic N) is 1. The van der Waals surface area contributed by atoms with Crippen molar-refractivity contribution < 1.29 is 33.4 Å². The molecule has 1 saturated heterocycles. The second kappa shape index (κ2) is 12.0. The summed E-state index contributed by atoms with van der Waals surface area (Å²) in [7, 11) is 1.50. The van der Waals surface area contributed by atoms with Crippen molar-refractivity contribution in [2.24, 2.45) is 0 Å². The Bertz CT molecular complexity index is 1450. The van der Waals surface area contributed by atoms with Gasteiger partial charge in [0.15, 0.2) is 18.1 Å². The molecule has 0 radical (unpaired) electrons. The van der Waals surface area contributed by atoms with Crippen LogP contribution in [0.25, 0.3) is 6.08 Å². The lowest BCUT2D eigenvalue weighted by atomic mass is 10.1. The lowest BCUT2D eigenvalue weighted by Crippen LogP contribution is -2.54. The third-order valence-electron chi connectivity index (χ3n) is 5.79. The fourth-order valence-corrected chi connectivity index (χ4v) is 3.83. The molecule has 0 atom stereocenters. The number of barbiturate groups is 1. The van der Waals surface area contributed by atoms with Gasteiger partial charge in [-0.15, -0.1) is 0 Å². The molecule has 0 aliphatic carbocycles. The molecule has 1 fully saturated rings. The zero-order valence-electron chi connectivity index (χ0n) is 21.6. The molecule has 0 aromatic heterocycles. The molecule has 1 aliphatic rings. The van der Waals surface area contributed by atoms with Crippen molar-refractivity contribution in [3.63, 3.8) is 0 Å². The molecule has 1 aliphatic heterocycles. The number of aryl methyl sites for hydroxylation is 1. The summed E-state index contributed by atoms with van der Waals surface area (Å²) >= 11 is 0. The number of ether oxygens (including phenoxy) is 3. The zero-order chi connectivity index (χ0) is 27.9. The summed E-state index contributed by atoms with van der Waals surface area (Å²) in [6.07, 6.45) is 1.36. The lowest BCUT2D eigenvalue weighted by molar-refractivity contribution is -0.122. The zero-order valence-corrected chi connectivity index (χ0v) is 21.6. The first-order valence-corrected chi connectivity index (χ1v) is 12.1. The van der Waals surface area contributed by atoms with Gasteiger partial charge in [-0.25, -0.2) is 9.69 Å². The van der Waals surface area contributed by atoms with Gasteiger partial charge in [0, 0.05) is 5.69 Å². The summed E-state index contributed by atoms with van der Waals surface area (Å²) < 4.78 is 16.5. The number of rotatable bonds is 9. The fraction of sp³-hybridized carbons (Fsp3) is 0.172. The number of amides is 5. The minimum Gasteiger partial charge on any atom is -0.497 e. The van der Waals surface area contributed by atoms with Gasteiger partial charge in [0.2, 0.25) is 0 Å². The van der Waals surface area contributed by atoms with E-state index >= 15 is 0 Å². The summed E-state index contributed by atoms with van der Waals surface area (Å²) in [5.41, 5.74) is 2.11. The standard InChI is InChI=1S/C29H27N3O7/c1-4-38-25-16-19(9-14-24(25)39-17-26(33)30-23-8-6-5-7-18(23)2)15-22-27(34)31-29(36)32(28(22)35)20-10-12-21(37-3)13-11-20/h5-16H,4,17H2,1-3H3,(H,30,33)(H,31,34,36)/b22-15+. The van der Waals surface area contributed by atoms with Crippen LogP contribution in [0.1, 0.15) is 18.1 Å². The van der Waals surface area contributed by atoms with Crippen LogP contribution >= 0.6 is 0 Å². The maximum atomic E-state index is 13.2. The molecule has 0 spiro atoms. The number of benzene rings is 3. The highest BCUT2D eigenvalue weighted by molar-refractivity contribution is 6.39. The van der Waals surface area contributed by atoms with Crippen molar-refractivity contribution in [3.05, 3.63) is 83.4 Å². The number of methoxy groups -OCH3 is 1. The van der Waals surface area contributed by atoms with E-state index in [1.165, 1.54) is 25.3 Å². The Balaban J connectivity index is 1.53. The summed E-state index contributed by atoms with van der Waals surface area (Å²) in [5, 5.41) is 4.99. The average molecular weight is 530 g/mol. The molecular weight excluding hydrogens is 502 g/mol. The van der Waals surface area contributed by atoms with E-state index in [9.17, 15) is 19.2 Å². The maximum Gasteiger partial charge on any atom is 0.335 e. The highest BCUT2D eigenvalue weighted by Crippen LogP contribution is 2.30. The third-order valence-corrected chi connectivity index (χ3v) is 5.79. The van der Waals surface area contributed by atoms with E-state index in [0.29, 0.717) is 35.1 Å². The Morgan fingerprint density at radius 1 is 0.974 bits per heavy atom. The highest BCUT2D eigenvalue weighted by atomic mass is 16.5. The molecule has 10 nitrogen and oxygen atoms in total. The Morgan fingerprint density at radius 2 is 1.72 bits per heavy atom. The van der Waals surface area contributed by atoms with Crippen LogP contribution in [0.15, 0.2) is 72.3 Å². The predicted octanol–water partition coefficient (Wildman–Crippen LogP) is 4.09. The summed E-state index contributed by atoms with van der Waals surface area (Å²) in [4.78, 5) is 51.5. The van der Waals surface area contributed by atoms with Crippen molar-refractivity contribution in [3.8, 4) is 17.2 Å². The van der Waals surface area contributed by atoms with Crippen LogP contribution in [0.4, 0.5) is 16.2 Å². The normalized spacial score (nSPS) is 14.2. The SMILES string of the molecule is CCOc1cc(/C=C2\C(=O)NC(=O)N(c3ccc(OC)cc3)C2=O)ccc1OCC(=O)Nc1ccccc1C. The number of carbonyl (C=O) groups is 4. The van der Waals surface area contributed by atoms with Crippen molar-refractivity contribution >= 4 is 41.2 Å². The van der Waals surface area contributed by atoms with E-state index in [4.69, 9.17) is 14.2 Å². The largest absolute Gasteiger partial charge is 0.497 e. The van der Waals surface area contributed by atoms with Crippen molar-refractivity contribution in [2.45, 2.75) is 13.8 Å². The van der Waals surface area contributed by atoms with Gasteiger partial charge in [-0.05, 0) is 73.5 Å². The second-order valence-electron chi connectivity index (χ2n) is 8.45. The van der Waals surface area contributed by atoms with Gasteiger partial charge >= 0.3 is 6.03 Å². The van der Waals surface area contributed by atoms with E-state index in [1.807, 2.05) is 25.1 Å². The third kappa shape index (κ3) is 6.24. The quantitative estimate of drug-likeness (QED) is 0.316. The van der Waals surface area contributed by atoms with Crippen LogP contribution in [0.5, 0.6) is 17.2 Å². The van der Waals surface area contributed by atoms with Gasteiger partial charge in [0.1, 0.15) is 11.3 Å². The van der Waals surface area contributed by atoms with Crippen LogP contribution in [-0.4, -0.2) is 44.1 Å². The second-order valence-corrected chi connectivity index (χ2v) is 8.45. The van der Waals surface area contributed by atoms with Gasteiger partial charge < -0.3 is 19.5 Å². The van der Waals surface area contributed by atoms with E-state index in [-0.39, 0.29) is 23.8 Å². The maximum absolute atomic E-state index is 13.2. The molecule has 1 heterocycles. The molecule has 3 aromatic carbocycles. The van der Waals surface area contributed by atoms with Gasteiger partial charge in [0.05, 0.1) is 19.4 Å². The molecular formula is C29H27N3O7. The van der Waals surface area contributed by atoms with Crippen LogP contribution < -0.4 is 29.7 Å². The first-order chi connectivity index (χ1) is 18.8. The molecule has 2 N–H and O–H groups in total. The smallest absolute Gasteiger partial charge is 0.335 e. The van der Waals surface area contributed by atoms with Crippen molar-refractivity contribution in [2.75, 3.05) is 30.5 Å². The number of anilines is 2. The molecule has 0 saturated carbocycles. The fourth-order valence-electron chi connectivity index (χ4n) is 3.83. The number of carbonyl (C=O) groups excluding carboxylic acids is 4. The Kier molecular flexibility index (Phi) is 8.25. The number of hydrogen-bond acceptors (Lipinski definition) is 7. The van der Waals surface area contributed by atoms with Gasteiger partial charge in [-0.1, -0.05) is 24.3 Å². The minimum absolute atomic E-state index is 0.237. The topological polar surface area (TPSA) is 123 Å². The summed E-state index contributed by atoms with van der Waals surface area (Å²) in [6.45, 7) is 3.73. The summed E-state index contributed by atoms with van der Waals surface area (Å²) in [5.74, 6) is -0.753. The number of imide groups is 2. The molecule has 3 aromatic rings. The molecule has 0 unspecified atom stereocenters. The van der Waals surface area contributed by atoms with E-state index < -0.39 is 17.8 Å². The van der Waals surface area contributed by atoms with E-state index in [1.54, 1.807) is 43.3 Å². The van der Waals surface area contributed by atoms with E-state index in [0.717, 1.165) is 10.5 Å². The van der Waals surface area contributed by atoms with Gasteiger partial charge in [-0.3, -0.25) is 19.7 Å². The van der Waals surface area contributed by atoms with Crippen molar-refractivity contribution in [1.82, 2.24) is 5.32 Å². The highest BCUT2D eigenvalue weighted by Gasteiger charge is 2.36. The molecule has 39 heavy (non-hydrogen) atoms. The first-order valence-electron chi connectivity index (χ1n) is 12.1. The summed E-state index contributed by atoms with van der Waals surface area (Å²) in [6, 6.07) is 17.6. The van der Waals surface area contributed by atoms with Crippen LogP contribution in [0, 0.1) is 6.92 Å². The molecule has 200 valence electrons. The monoisotopic (exact) mass is 529 g/mol. The molecule has 5 amide bonds. The molecule has 0 bridgehead atoms. The predicted molar refractivity (Wildman–Crippen MR) is 145 cm³/mol. The Labute approximate surface area is 225 Å². The Hall–Kier alpha value is -5.12. The van der Waals surface area contributed by atoms with Crippen LogP contribution in [0.3, 0.4) is 0 Å². The van der Waals surface area contributed by atoms with Gasteiger partial charge in [0.25, 0.3) is 17.7 Å². The number of nitrogens with one attached hydrogen (secondary N) is 2.